The molecule has 3 aliphatic carbocycles. The molecule has 0 bridgehead atoms. The number of ether oxygens (including phenoxy) is 4. The molecule has 4 amide bonds. The van der Waals surface area contributed by atoms with Crippen LogP contribution in [-0.2, 0) is 48.1 Å². The van der Waals surface area contributed by atoms with Crippen LogP contribution in [0.5, 0.6) is 0 Å². The fourth-order valence-corrected chi connectivity index (χ4v) is 12.1. The Hall–Kier alpha value is -3.67. The number of carbonyl (C=O) groups excluding carboxylic acids is 6. The highest BCUT2D eigenvalue weighted by Gasteiger charge is 2.57. The van der Waals surface area contributed by atoms with E-state index in [1.165, 1.54) is 24.9 Å². The smallest absolute Gasteiger partial charge is 0.408 e. The minimum Gasteiger partial charge on any atom is -0.469 e. The zero-order valence-corrected chi connectivity index (χ0v) is 39.3. The fourth-order valence-electron chi connectivity index (χ4n) is 10.9. The lowest BCUT2D eigenvalue weighted by Gasteiger charge is -2.36. The van der Waals surface area contributed by atoms with E-state index < -0.39 is 69.5 Å². The quantitative estimate of drug-likeness (QED) is 0.238. The van der Waals surface area contributed by atoms with Crippen LogP contribution in [0.25, 0.3) is 0 Å². The number of sulfonamides is 1. The summed E-state index contributed by atoms with van der Waals surface area (Å²) in [6.07, 6.45) is 12.8. The Morgan fingerprint density at radius 3 is 1.45 bits per heavy atom. The summed E-state index contributed by atoms with van der Waals surface area (Å²) in [6, 6.07) is -2.60. The first kappa shape index (κ1) is 49.3. The number of rotatable bonds is 9. The van der Waals surface area contributed by atoms with Crippen LogP contribution < -0.4 is 10.6 Å². The van der Waals surface area contributed by atoms with E-state index in [2.05, 4.69) is 10.6 Å². The molecule has 0 aromatic rings. The van der Waals surface area contributed by atoms with Crippen molar-refractivity contribution in [3.8, 4) is 0 Å². The van der Waals surface area contributed by atoms with E-state index in [4.69, 9.17) is 18.9 Å². The Morgan fingerprint density at radius 1 is 0.581 bits per heavy atom. The van der Waals surface area contributed by atoms with Gasteiger partial charge in [-0.05, 0) is 111 Å². The number of likely N-dealkylation sites (tertiary alicyclic amines) is 2. The number of hydrogen-bond acceptors (Lipinski definition) is 12. The first-order valence-corrected chi connectivity index (χ1v) is 24.6. The third-order valence-electron chi connectivity index (χ3n) is 13.5. The molecule has 8 atom stereocenters. The van der Waals surface area contributed by atoms with Gasteiger partial charge in [0.15, 0.2) is 0 Å². The second-order valence-corrected chi connectivity index (χ2v) is 22.1. The van der Waals surface area contributed by atoms with Crippen LogP contribution in [0.15, 0.2) is 0 Å². The molecule has 352 valence electrons. The van der Waals surface area contributed by atoms with Gasteiger partial charge in [-0.1, -0.05) is 38.5 Å². The highest BCUT2D eigenvalue weighted by Crippen LogP contribution is 2.44. The molecular formula is C44H73N5O12S. The Balaban J connectivity index is 0.000000236. The lowest BCUT2D eigenvalue weighted by atomic mass is 9.83. The summed E-state index contributed by atoms with van der Waals surface area (Å²) in [7, 11) is -0.894. The summed E-state index contributed by atoms with van der Waals surface area (Å²) in [6.45, 7) is 11.7. The largest absolute Gasteiger partial charge is 0.469 e. The predicted molar refractivity (Wildman–Crippen MR) is 229 cm³/mol. The van der Waals surface area contributed by atoms with Gasteiger partial charge in [0, 0.05) is 31.7 Å². The summed E-state index contributed by atoms with van der Waals surface area (Å²) in [5, 5.41) is 5.69. The number of amides is 4. The number of nitrogens with zero attached hydrogens (tertiary/aromatic N) is 3. The Kier molecular flexibility index (Phi) is 16.3. The molecule has 6 aliphatic rings. The van der Waals surface area contributed by atoms with Crippen molar-refractivity contribution in [2.75, 3.05) is 40.1 Å². The molecule has 3 saturated carbocycles. The van der Waals surface area contributed by atoms with E-state index in [-0.39, 0.29) is 48.1 Å². The molecule has 62 heavy (non-hydrogen) atoms. The van der Waals surface area contributed by atoms with Gasteiger partial charge < -0.3 is 39.4 Å². The van der Waals surface area contributed by atoms with E-state index in [0.717, 1.165) is 83.3 Å². The molecule has 3 heterocycles. The maximum absolute atomic E-state index is 13.8. The molecule has 0 unspecified atom stereocenters. The molecule has 0 aromatic heterocycles. The van der Waals surface area contributed by atoms with Gasteiger partial charge in [0.05, 0.1) is 38.4 Å². The van der Waals surface area contributed by atoms with Crippen molar-refractivity contribution in [1.29, 1.82) is 0 Å². The first-order chi connectivity index (χ1) is 29.0. The van der Waals surface area contributed by atoms with Crippen molar-refractivity contribution < 1.29 is 56.1 Å². The van der Waals surface area contributed by atoms with Gasteiger partial charge >= 0.3 is 24.1 Å². The monoisotopic (exact) mass is 895 g/mol. The number of alkyl carbamates (subject to hydrolysis) is 2. The standard InChI is InChI=1S/C22H37N3O7S.C22H36N2O5/c1-22(2,3)32-21(28)23-17(14-9-7-6-8-10-14)19(26)24-12-11-16-18(24)15(20(27)31-4)13-25(16)33(5,29)30;1-22(2,3)29-21(27)23-17(14-8-6-5-7-9-14)19(25)24-13-12-15-10-11-16(18(15)24)20(26)28-4/h14-18H,6-13H2,1-5H3,(H,23,28);14-18H,5-13H2,1-4H3,(H,23,27)/t15-,16+,17-,18+;15-,16+,17+,18+/m01/s1. The van der Waals surface area contributed by atoms with E-state index >= 15 is 0 Å². The predicted octanol–water partition coefficient (Wildman–Crippen LogP) is 4.75. The number of methoxy groups -OCH3 is 2. The normalized spacial score (nSPS) is 28.1. The van der Waals surface area contributed by atoms with Crippen LogP contribution in [-0.4, -0.2) is 140 Å². The van der Waals surface area contributed by atoms with Gasteiger partial charge in [-0.15, -0.1) is 0 Å². The molecule has 0 spiro atoms. The van der Waals surface area contributed by atoms with E-state index in [9.17, 15) is 37.2 Å². The van der Waals surface area contributed by atoms with Crippen molar-refractivity contribution in [1.82, 2.24) is 24.7 Å². The number of esters is 2. The average molecular weight is 896 g/mol. The number of nitrogens with one attached hydrogen (secondary N) is 2. The van der Waals surface area contributed by atoms with Gasteiger partial charge in [0.2, 0.25) is 21.8 Å². The number of carbonyl (C=O) groups is 6. The molecule has 6 fully saturated rings. The van der Waals surface area contributed by atoms with Crippen molar-refractivity contribution in [2.24, 2.45) is 29.6 Å². The van der Waals surface area contributed by atoms with Crippen LogP contribution >= 0.6 is 0 Å². The molecule has 3 aliphatic heterocycles. The van der Waals surface area contributed by atoms with Crippen LogP contribution in [0.3, 0.4) is 0 Å². The fraction of sp³-hybridized carbons (Fsp3) is 0.864. The van der Waals surface area contributed by atoms with E-state index in [0.29, 0.717) is 25.4 Å². The minimum atomic E-state index is -3.56. The SMILES string of the molecule is COC(=O)[C@H]1CC[C@@H]2CCN(C(=O)[C@@H](NC(=O)OC(C)(C)C)C3CCCCC3)[C@@H]21.COC(=O)[C@H]1CN(S(C)(=O)=O)[C@@H]2CCN(C(=O)[C@@H](NC(=O)OC(C)(C)C)C3CCCCC3)[C@H]12. The Morgan fingerprint density at radius 2 is 1.02 bits per heavy atom. The van der Waals surface area contributed by atoms with Crippen LogP contribution in [0.1, 0.15) is 131 Å². The lowest BCUT2D eigenvalue weighted by molar-refractivity contribution is -0.150. The van der Waals surface area contributed by atoms with E-state index in [1.807, 2.05) is 25.7 Å². The van der Waals surface area contributed by atoms with Gasteiger partial charge in [0.1, 0.15) is 23.3 Å². The third kappa shape index (κ3) is 12.1. The second-order valence-electron chi connectivity index (χ2n) is 20.2. The molecule has 0 aromatic carbocycles. The summed E-state index contributed by atoms with van der Waals surface area (Å²) >= 11 is 0. The maximum atomic E-state index is 13.8. The van der Waals surface area contributed by atoms with Crippen LogP contribution in [0.2, 0.25) is 0 Å². The maximum Gasteiger partial charge on any atom is 0.408 e. The average Bonchev–Trinajstić information content (AvgIpc) is 4.00. The second kappa shape index (κ2) is 20.4. The summed E-state index contributed by atoms with van der Waals surface area (Å²) in [4.78, 5) is 80.8. The van der Waals surface area contributed by atoms with Crippen molar-refractivity contribution in [3.63, 3.8) is 0 Å². The topological polar surface area (TPSA) is 207 Å². The number of hydrogen-bond donors (Lipinski definition) is 2. The van der Waals surface area contributed by atoms with Crippen molar-refractivity contribution in [2.45, 2.75) is 173 Å². The van der Waals surface area contributed by atoms with Gasteiger partial charge in [0.25, 0.3) is 0 Å². The zero-order valence-electron chi connectivity index (χ0n) is 38.4. The zero-order chi connectivity index (χ0) is 45.7. The van der Waals surface area contributed by atoms with Crippen molar-refractivity contribution >= 4 is 46.0 Å². The third-order valence-corrected chi connectivity index (χ3v) is 14.8. The molecule has 2 N–H and O–H groups in total. The highest BCUT2D eigenvalue weighted by atomic mass is 32.2. The highest BCUT2D eigenvalue weighted by molar-refractivity contribution is 7.88. The van der Waals surface area contributed by atoms with Crippen LogP contribution in [0.4, 0.5) is 9.59 Å². The van der Waals surface area contributed by atoms with Crippen molar-refractivity contribution in [3.05, 3.63) is 0 Å². The lowest BCUT2D eigenvalue weighted by Crippen LogP contribution is -2.56. The molecule has 17 nitrogen and oxygen atoms in total. The molecule has 6 rings (SSSR count). The molecular weight excluding hydrogens is 823 g/mol. The summed E-state index contributed by atoms with van der Waals surface area (Å²) < 4.78 is 46.8. The molecule has 3 saturated heterocycles. The molecule has 18 heteroatoms. The molecule has 0 radical (unpaired) electrons. The Labute approximate surface area is 368 Å². The number of fused-ring (bicyclic) bond motifs is 2. The van der Waals surface area contributed by atoms with Gasteiger partial charge in [-0.2, -0.15) is 4.31 Å². The van der Waals surface area contributed by atoms with Gasteiger partial charge in [-0.25, -0.2) is 18.0 Å². The minimum absolute atomic E-state index is 0.0157. The first-order valence-electron chi connectivity index (χ1n) is 22.8. The summed E-state index contributed by atoms with van der Waals surface area (Å²) in [5.41, 5.74) is -1.33. The van der Waals surface area contributed by atoms with Crippen LogP contribution in [0, 0.1) is 29.6 Å². The van der Waals surface area contributed by atoms with Gasteiger partial charge in [-0.3, -0.25) is 19.2 Å². The summed E-state index contributed by atoms with van der Waals surface area (Å²) in [5.74, 6) is -1.73. The Bertz CT molecular complexity index is 1730. The van der Waals surface area contributed by atoms with E-state index in [1.54, 1.807) is 25.7 Å².